The molecule has 26 heavy (non-hydrogen) atoms. The summed E-state index contributed by atoms with van der Waals surface area (Å²) in [5.41, 5.74) is 0.950. The van der Waals surface area contributed by atoms with Crippen molar-refractivity contribution in [1.82, 2.24) is 0 Å². The van der Waals surface area contributed by atoms with Crippen molar-refractivity contribution in [3.63, 3.8) is 0 Å². The zero-order valence-electron chi connectivity index (χ0n) is 15.5. The van der Waals surface area contributed by atoms with E-state index in [0.29, 0.717) is 23.1 Å². The van der Waals surface area contributed by atoms with Gasteiger partial charge in [-0.15, -0.1) is 0 Å². The van der Waals surface area contributed by atoms with Crippen LogP contribution in [-0.4, -0.2) is 8.42 Å². The fourth-order valence-electron chi connectivity index (χ4n) is 2.62. The van der Waals surface area contributed by atoms with Gasteiger partial charge in [-0.05, 0) is 48.4 Å². The molecule has 2 aromatic carbocycles. The van der Waals surface area contributed by atoms with E-state index in [4.69, 9.17) is 9.88 Å². The van der Waals surface area contributed by atoms with Crippen molar-refractivity contribution in [2.24, 2.45) is 10.6 Å². The standard InChI is InChI=1S/C20H26FNO3S/c1-20(2,3)12-5-4-7-15-10-11-17(14-19(15)21)25-16-8-6-9-18(13-16)26(22,23)24/h6,8-11,13-14H,4-5,7,12H2,1-3H3,(H2,22,23,24). The van der Waals surface area contributed by atoms with Crippen LogP contribution >= 0.6 is 0 Å². The molecule has 2 N–H and O–H groups in total. The lowest BCUT2D eigenvalue weighted by Crippen LogP contribution is -2.11. The molecule has 0 spiro atoms. The Morgan fingerprint density at radius 3 is 2.35 bits per heavy atom. The lowest BCUT2D eigenvalue weighted by Gasteiger charge is -2.17. The van der Waals surface area contributed by atoms with E-state index in [2.05, 4.69) is 20.8 Å². The fourth-order valence-corrected chi connectivity index (χ4v) is 3.16. The van der Waals surface area contributed by atoms with E-state index in [9.17, 15) is 12.8 Å². The van der Waals surface area contributed by atoms with Gasteiger partial charge in [0.15, 0.2) is 0 Å². The highest BCUT2D eigenvalue weighted by atomic mass is 32.2. The van der Waals surface area contributed by atoms with Crippen LogP contribution in [0.3, 0.4) is 0 Å². The predicted octanol–water partition coefficient (Wildman–Crippen LogP) is 5.02. The van der Waals surface area contributed by atoms with Crippen LogP contribution in [0.15, 0.2) is 47.4 Å². The lowest BCUT2D eigenvalue weighted by molar-refractivity contribution is 0.360. The highest BCUT2D eigenvalue weighted by Crippen LogP contribution is 2.27. The Kier molecular flexibility index (Phi) is 6.42. The molecule has 0 amide bonds. The topological polar surface area (TPSA) is 69.4 Å². The molecule has 2 rings (SSSR count). The van der Waals surface area contributed by atoms with Gasteiger partial charge in [0.1, 0.15) is 17.3 Å². The Morgan fingerprint density at radius 1 is 1.04 bits per heavy atom. The average Bonchev–Trinajstić information content (AvgIpc) is 2.52. The van der Waals surface area contributed by atoms with Gasteiger partial charge in [0.25, 0.3) is 0 Å². The highest BCUT2D eigenvalue weighted by molar-refractivity contribution is 7.89. The van der Waals surface area contributed by atoms with Crippen LogP contribution in [0.4, 0.5) is 4.39 Å². The molecule has 0 bridgehead atoms. The third-order valence-corrected chi connectivity index (χ3v) is 4.93. The van der Waals surface area contributed by atoms with Crippen molar-refractivity contribution < 1.29 is 17.5 Å². The van der Waals surface area contributed by atoms with Gasteiger partial charge in [0.2, 0.25) is 10.0 Å². The largest absolute Gasteiger partial charge is 0.457 e. The molecule has 0 atom stereocenters. The molecule has 0 unspecified atom stereocenters. The van der Waals surface area contributed by atoms with Gasteiger partial charge in [-0.1, -0.05) is 39.3 Å². The van der Waals surface area contributed by atoms with Gasteiger partial charge in [0.05, 0.1) is 4.90 Å². The molecule has 0 saturated carbocycles. The third-order valence-electron chi connectivity index (χ3n) is 4.02. The number of sulfonamides is 1. The molecular formula is C20H26FNO3S. The molecule has 0 aliphatic heterocycles. The molecule has 2 aromatic rings. The summed E-state index contributed by atoms with van der Waals surface area (Å²) in [6.45, 7) is 6.60. The Hall–Kier alpha value is -1.92. The Bertz CT molecular complexity index is 858. The number of benzene rings is 2. The average molecular weight is 379 g/mol. The molecule has 0 aliphatic carbocycles. The first-order chi connectivity index (χ1) is 12.0. The minimum Gasteiger partial charge on any atom is -0.457 e. The molecule has 6 heteroatoms. The van der Waals surface area contributed by atoms with Crippen LogP contribution in [-0.2, 0) is 16.4 Å². The lowest BCUT2D eigenvalue weighted by atomic mass is 9.89. The van der Waals surface area contributed by atoms with Gasteiger partial charge in [-0.25, -0.2) is 17.9 Å². The van der Waals surface area contributed by atoms with Gasteiger partial charge >= 0.3 is 0 Å². The summed E-state index contributed by atoms with van der Waals surface area (Å²) in [7, 11) is -3.81. The van der Waals surface area contributed by atoms with Crippen molar-refractivity contribution in [3.05, 3.63) is 53.8 Å². The summed E-state index contributed by atoms with van der Waals surface area (Å²) in [6, 6.07) is 10.5. The van der Waals surface area contributed by atoms with Crippen LogP contribution < -0.4 is 9.88 Å². The second-order valence-corrected chi connectivity index (χ2v) is 9.20. The van der Waals surface area contributed by atoms with E-state index in [1.165, 1.54) is 24.3 Å². The Labute approximate surface area is 155 Å². The van der Waals surface area contributed by atoms with Crippen molar-refractivity contribution in [1.29, 1.82) is 0 Å². The number of aryl methyl sites for hydroxylation is 1. The third kappa shape index (κ3) is 6.42. The predicted molar refractivity (Wildman–Crippen MR) is 101 cm³/mol. The quantitative estimate of drug-likeness (QED) is 0.686. The number of halogens is 1. The van der Waals surface area contributed by atoms with E-state index in [-0.39, 0.29) is 16.5 Å². The first-order valence-electron chi connectivity index (χ1n) is 8.64. The summed E-state index contributed by atoms with van der Waals surface area (Å²) in [5, 5.41) is 5.10. The molecule has 0 radical (unpaired) electrons. The summed E-state index contributed by atoms with van der Waals surface area (Å²) in [5.74, 6) is 0.280. The molecule has 4 nitrogen and oxygen atoms in total. The highest BCUT2D eigenvalue weighted by Gasteiger charge is 2.11. The second kappa shape index (κ2) is 8.18. The van der Waals surface area contributed by atoms with Crippen molar-refractivity contribution in [2.45, 2.75) is 51.3 Å². The minimum absolute atomic E-state index is 0.0501. The summed E-state index contributed by atoms with van der Waals surface area (Å²) < 4.78 is 42.6. The number of hydrogen-bond acceptors (Lipinski definition) is 3. The van der Waals surface area contributed by atoms with E-state index >= 15 is 0 Å². The van der Waals surface area contributed by atoms with Crippen LogP contribution in [0.2, 0.25) is 0 Å². The first-order valence-corrected chi connectivity index (χ1v) is 10.2. The molecule has 0 fully saturated rings. The van der Waals surface area contributed by atoms with Crippen molar-refractivity contribution >= 4 is 10.0 Å². The molecule has 0 heterocycles. The molecule has 0 saturated heterocycles. The molecular weight excluding hydrogens is 353 g/mol. The maximum atomic E-state index is 14.3. The van der Waals surface area contributed by atoms with Gasteiger partial charge in [0, 0.05) is 12.1 Å². The number of rotatable bonds is 7. The van der Waals surface area contributed by atoms with Gasteiger partial charge in [-0.2, -0.15) is 0 Å². The van der Waals surface area contributed by atoms with E-state index in [1.54, 1.807) is 18.2 Å². The zero-order valence-corrected chi connectivity index (χ0v) is 16.3. The minimum atomic E-state index is -3.81. The summed E-state index contributed by atoms with van der Waals surface area (Å²) >= 11 is 0. The van der Waals surface area contributed by atoms with E-state index in [1.807, 2.05) is 0 Å². The first kappa shape index (κ1) is 20.4. The molecule has 0 aromatic heterocycles. The van der Waals surface area contributed by atoms with E-state index in [0.717, 1.165) is 19.3 Å². The van der Waals surface area contributed by atoms with Crippen molar-refractivity contribution in [2.75, 3.05) is 0 Å². The number of unbranched alkanes of at least 4 members (excludes halogenated alkanes) is 1. The van der Waals surface area contributed by atoms with E-state index < -0.39 is 10.0 Å². The van der Waals surface area contributed by atoms with Crippen LogP contribution in [0, 0.1) is 11.2 Å². The zero-order chi connectivity index (χ0) is 19.4. The summed E-state index contributed by atoms with van der Waals surface area (Å²) in [6.07, 6.45) is 3.78. The normalized spacial score (nSPS) is 12.2. The monoisotopic (exact) mass is 379 g/mol. The number of primary sulfonamides is 1. The maximum absolute atomic E-state index is 14.3. The second-order valence-electron chi connectivity index (χ2n) is 7.64. The summed E-state index contributed by atoms with van der Waals surface area (Å²) in [4.78, 5) is -0.0501. The van der Waals surface area contributed by atoms with Crippen LogP contribution in [0.1, 0.15) is 45.6 Å². The number of hydrogen-bond donors (Lipinski definition) is 1. The fraction of sp³-hybridized carbons (Fsp3) is 0.400. The number of ether oxygens (including phenoxy) is 1. The van der Waals surface area contributed by atoms with Gasteiger partial charge < -0.3 is 4.74 Å². The number of nitrogens with two attached hydrogens (primary N) is 1. The van der Waals surface area contributed by atoms with Crippen LogP contribution in [0.25, 0.3) is 0 Å². The SMILES string of the molecule is CC(C)(C)CCCCc1ccc(Oc2cccc(S(N)(=O)=O)c2)cc1F. The van der Waals surface area contributed by atoms with Gasteiger partial charge in [-0.3, -0.25) is 0 Å². The smallest absolute Gasteiger partial charge is 0.238 e. The maximum Gasteiger partial charge on any atom is 0.238 e. The van der Waals surface area contributed by atoms with Crippen molar-refractivity contribution in [3.8, 4) is 11.5 Å². The Morgan fingerprint density at radius 2 is 1.73 bits per heavy atom. The molecule has 142 valence electrons. The molecule has 0 aliphatic rings. The van der Waals surface area contributed by atoms with Crippen LogP contribution in [0.5, 0.6) is 11.5 Å². The Balaban J connectivity index is 2.01.